The van der Waals surface area contributed by atoms with E-state index in [4.69, 9.17) is 13.5 Å². The Balaban J connectivity index is -0.0000000574. The van der Waals surface area contributed by atoms with Crippen molar-refractivity contribution in [2.45, 2.75) is 13.8 Å². The Morgan fingerprint density at radius 2 is 1.13 bits per heavy atom. The summed E-state index contributed by atoms with van der Waals surface area (Å²) < 4.78 is 8.25. The van der Waals surface area contributed by atoms with Gasteiger partial charge in [-0.15, -0.1) is 0 Å². The third-order valence-electron chi connectivity index (χ3n) is 0.349. The molecule has 0 aliphatic carbocycles. The quantitative estimate of drug-likeness (QED) is 0.442. The second-order valence-electron chi connectivity index (χ2n) is 1.66. The van der Waals surface area contributed by atoms with Crippen molar-refractivity contribution in [2.24, 2.45) is 0 Å². The Morgan fingerprint density at radius 1 is 1.07 bits per heavy atom. The molecule has 15 heavy (non-hydrogen) atoms. The molecule has 0 heterocycles. The average Bonchev–Trinajstić information content (AvgIpc) is 2.22. The van der Waals surface area contributed by atoms with E-state index in [0.717, 1.165) is 32.6 Å². The molecule has 0 aromatic carbocycles. The van der Waals surface area contributed by atoms with Crippen molar-refractivity contribution in [3.63, 3.8) is 0 Å². The van der Waals surface area contributed by atoms with Crippen molar-refractivity contribution in [1.29, 1.82) is 0 Å². The van der Waals surface area contributed by atoms with Gasteiger partial charge in [-0.2, -0.15) is 13.8 Å². The maximum absolute atomic E-state index is 9.25. The fourth-order valence-corrected chi connectivity index (χ4v) is 0. The molecule has 0 fully saturated rings. The first-order valence-corrected chi connectivity index (χ1v) is 4.25. The summed E-state index contributed by atoms with van der Waals surface area (Å²) in [4.78, 5) is 18.5. The summed E-state index contributed by atoms with van der Waals surface area (Å²) in [7, 11) is 0. The molecule has 85 valence electrons. The molecule has 0 spiro atoms. The number of carbonyl (C=O) groups is 2. The van der Waals surface area contributed by atoms with Crippen molar-refractivity contribution in [3.05, 3.63) is 31.7 Å². The molecule has 2 N–H and O–H groups in total. The van der Waals surface area contributed by atoms with Crippen LogP contribution in [0.25, 0.3) is 0 Å². The predicted molar refractivity (Wildman–Crippen MR) is 52.0 cm³/mol. The van der Waals surface area contributed by atoms with Crippen LogP contribution < -0.4 is 0 Å². The third-order valence-corrected chi connectivity index (χ3v) is 0.349. The monoisotopic (exact) mass is 251 g/mol. The van der Waals surface area contributed by atoms with Gasteiger partial charge in [-0.1, -0.05) is 13.2 Å². The number of hydrogen-bond donors (Lipinski definition) is 2. The molecule has 5 nitrogen and oxygen atoms in total. The van der Waals surface area contributed by atoms with E-state index in [1.54, 1.807) is 0 Å². The molecule has 0 radical (unpaired) electrons. The summed E-state index contributed by atoms with van der Waals surface area (Å²) in [6.07, 6.45) is 3.67. The summed E-state index contributed by atoms with van der Waals surface area (Å²) in [5.41, 5.74) is 0. The molecule has 0 saturated heterocycles. The van der Waals surface area contributed by atoms with Crippen LogP contribution in [0.2, 0.25) is 0 Å². The van der Waals surface area contributed by atoms with Crippen molar-refractivity contribution in [3.8, 4) is 0 Å². The Labute approximate surface area is 101 Å². The molecule has 0 saturated carbocycles. The second kappa shape index (κ2) is 29.3. The van der Waals surface area contributed by atoms with Gasteiger partial charge in [0.1, 0.15) is 0 Å². The van der Waals surface area contributed by atoms with E-state index >= 15 is 0 Å². The molecule has 6 heteroatoms. The van der Waals surface area contributed by atoms with Gasteiger partial charge < -0.3 is 16.6 Å². The molecular weight excluding hydrogens is 236 g/mol. The number of carboxylic acids is 2. The van der Waals surface area contributed by atoms with E-state index in [0.29, 0.717) is 0 Å². The molecule has 0 aliphatic heterocycles. The standard InChI is InChI=1S/2C3H4O2.C3H7.O.Ti/c2*1-2-3(4)5;1-3-2;;/h2*2H,1H2,(H,4,5);3H,1-2H3;;/q;;-1;;+1. The Hall–Kier alpha value is -1.07. The van der Waals surface area contributed by atoms with Crippen molar-refractivity contribution < 1.29 is 43.5 Å². The van der Waals surface area contributed by atoms with Gasteiger partial charge in [-0.25, -0.2) is 9.59 Å². The first-order valence-electron chi connectivity index (χ1n) is 3.61. The van der Waals surface area contributed by atoms with Crippen LogP contribution in [-0.4, -0.2) is 22.2 Å². The van der Waals surface area contributed by atoms with Crippen LogP contribution in [0.1, 0.15) is 13.8 Å². The van der Waals surface area contributed by atoms with Crippen LogP contribution in [0.3, 0.4) is 0 Å². The Bertz CT molecular complexity index is 161. The van der Waals surface area contributed by atoms with Crippen molar-refractivity contribution in [2.75, 3.05) is 0 Å². The maximum atomic E-state index is 9.25. The van der Waals surface area contributed by atoms with E-state index in [2.05, 4.69) is 13.2 Å². The zero-order valence-electron chi connectivity index (χ0n) is 8.77. The number of hydrogen-bond acceptors (Lipinski definition) is 3. The van der Waals surface area contributed by atoms with Gasteiger partial charge in [-0.3, -0.25) is 0 Å². The van der Waals surface area contributed by atoms with Crippen LogP contribution >= 0.6 is 0 Å². The van der Waals surface area contributed by atoms with Crippen LogP contribution in [0.4, 0.5) is 0 Å². The minimum atomic E-state index is -0.981. The van der Waals surface area contributed by atoms with Gasteiger partial charge in [0, 0.05) is 12.2 Å². The molecule has 0 atom stereocenters. The summed E-state index contributed by atoms with van der Waals surface area (Å²) >= 11 is 0.750. The van der Waals surface area contributed by atoms with Gasteiger partial charge in [0.05, 0.1) is 0 Å². The van der Waals surface area contributed by atoms with Crippen LogP contribution in [0.15, 0.2) is 25.3 Å². The first-order chi connectivity index (χ1) is 6.95. The fourth-order valence-electron chi connectivity index (χ4n) is 0. The fraction of sp³-hybridized carbons (Fsp3) is 0.222. The Kier molecular flexibility index (Phi) is 46.1. The molecule has 0 rings (SSSR count). The van der Waals surface area contributed by atoms with Gasteiger partial charge in [0.15, 0.2) is 0 Å². The zero-order chi connectivity index (χ0) is 13.3. The molecule has 0 amide bonds. The molecule has 0 aromatic heterocycles. The minimum absolute atomic E-state index is 0.750. The molecular formula is C9H15O5Ti. The SMILES string of the molecule is C=CC(=O)O.C=CC(=O)O.C[CH-]C.[O]=[Ti+]. The summed E-state index contributed by atoms with van der Waals surface area (Å²) in [5.74, 6) is -1.96. The van der Waals surface area contributed by atoms with Crippen LogP contribution in [0, 0.1) is 6.42 Å². The van der Waals surface area contributed by atoms with Crippen LogP contribution in [-0.2, 0) is 33.3 Å². The van der Waals surface area contributed by atoms with E-state index in [1.165, 1.54) is 0 Å². The molecule has 0 aliphatic rings. The van der Waals surface area contributed by atoms with E-state index in [1.807, 2.05) is 20.3 Å². The first kappa shape index (κ1) is 23.6. The van der Waals surface area contributed by atoms with E-state index < -0.39 is 11.9 Å². The van der Waals surface area contributed by atoms with Gasteiger partial charge in [-0.05, 0) is 0 Å². The molecule has 0 aromatic rings. The van der Waals surface area contributed by atoms with Gasteiger partial charge in [0.2, 0.25) is 0 Å². The summed E-state index contributed by atoms with van der Waals surface area (Å²) in [6, 6.07) is 0. The van der Waals surface area contributed by atoms with Crippen molar-refractivity contribution in [1.82, 2.24) is 0 Å². The van der Waals surface area contributed by atoms with Gasteiger partial charge in [0.25, 0.3) is 0 Å². The summed E-state index contributed by atoms with van der Waals surface area (Å²) in [5, 5.41) is 15.2. The molecule has 0 bridgehead atoms. The number of carboxylic acid groups (broad SMARTS) is 2. The topological polar surface area (TPSA) is 91.7 Å². The third kappa shape index (κ3) is 180. The molecule has 0 unspecified atom stereocenters. The average molecular weight is 251 g/mol. The van der Waals surface area contributed by atoms with Crippen LogP contribution in [0.5, 0.6) is 0 Å². The number of rotatable bonds is 2. The van der Waals surface area contributed by atoms with E-state index in [9.17, 15) is 9.59 Å². The summed E-state index contributed by atoms with van der Waals surface area (Å²) in [6.45, 7) is 9.92. The van der Waals surface area contributed by atoms with E-state index in [-0.39, 0.29) is 0 Å². The normalized spacial score (nSPS) is 5.87. The Morgan fingerprint density at radius 3 is 1.13 bits per heavy atom. The predicted octanol–water partition coefficient (Wildman–Crippen LogP) is 1.62. The van der Waals surface area contributed by atoms with Gasteiger partial charge >= 0.3 is 35.7 Å². The second-order valence-corrected chi connectivity index (χ2v) is 1.66. The van der Waals surface area contributed by atoms with Crippen molar-refractivity contribution >= 4 is 11.9 Å². The zero-order valence-corrected chi connectivity index (χ0v) is 10.3. The number of aliphatic carboxylic acids is 2.